The maximum Gasteiger partial charge on any atom is 0.240 e. The molecule has 1 aromatic heterocycles. The molecule has 0 fully saturated rings. The number of ether oxygens (including phenoxy) is 1. The van der Waals surface area contributed by atoms with Crippen molar-refractivity contribution in [2.45, 2.75) is 19.8 Å². The average molecular weight is 244 g/mol. The predicted molar refractivity (Wildman–Crippen MR) is 70.1 cm³/mol. The van der Waals surface area contributed by atoms with Crippen LogP contribution in [0.2, 0.25) is 0 Å². The number of nitrogens with two attached hydrogens (primary N) is 1. The first-order chi connectivity index (χ1) is 8.79. The van der Waals surface area contributed by atoms with Crippen molar-refractivity contribution >= 4 is 5.95 Å². The number of hydrogen-bond donors (Lipinski definition) is 1. The molecule has 0 amide bonds. The Kier molecular flexibility index (Phi) is 4.06. The molecule has 2 N–H and O–H groups in total. The third-order valence-corrected chi connectivity index (χ3v) is 2.49. The molecule has 18 heavy (non-hydrogen) atoms. The third-order valence-electron chi connectivity index (χ3n) is 2.49. The lowest BCUT2D eigenvalue weighted by atomic mass is 10.1. The van der Waals surface area contributed by atoms with Gasteiger partial charge in [-0.25, -0.2) is 4.98 Å². The van der Waals surface area contributed by atoms with Crippen molar-refractivity contribution in [1.29, 1.82) is 0 Å². The second-order valence-electron chi connectivity index (χ2n) is 3.93. The van der Waals surface area contributed by atoms with Crippen molar-refractivity contribution in [2.24, 2.45) is 0 Å². The third kappa shape index (κ3) is 3.16. The lowest BCUT2D eigenvalue weighted by Gasteiger charge is -2.06. The Morgan fingerprint density at radius 1 is 1.22 bits per heavy atom. The number of nitrogen functional groups attached to an aromatic ring is 1. The van der Waals surface area contributed by atoms with Crippen LogP contribution in [0.15, 0.2) is 30.5 Å². The summed E-state index contributed by atoms with van der Waals surface area (Å²) in [5, 5.41) is 7.40. The lowest BCUT2D eigenvalue weighted by Crippen LogP contribution is -1.98. The van der Waals surface area contributed by atoms with Crippen LogP contribution in [0.3, 0.4) is 0 Å². The molecule has 2 aromatic rings. The topological polar surface area (TPSA) is 73.9 Å². The Labute approximate surface area is 106 Å². The summed E-state index contributed by atoms with van der Waals surface area (Å²) in [4.78, 5) is 4.11. The van der Waals surface area contributed by atoms with Gasteiger partial charge in [-0.15, -0.1) is 5.10 Å². The van der Waals surface area contributed by atoms with Crippen LogP contribution in [-0.4, -0.2) is 21.8 Å². The van der Waals surface area contributed by atoms with E-state index >= 15 is 0 Å². The van der Waals surface area contributed by atoms with E-state index in [1.807, 2.05) is 24.3 Å². The van der Waals surface area contributed by atoms with E-state index in [4.69, 9.17) is 10.5 Å². The zero-order valence-corrected chi connectivity index (χ0v) is 10.3. The van der Waals surface area contributed by atoms with Crippen molar-refractivity contribution in [3.05, 3.63) is 30.5 Å². The predicted octanol–water partition coefficient (Wildman–Crippen LogP) is 2.30. The largest absolute Gasteiger partial charge is 0.494 e. The van der Waals surface area contributed by atoms with Crippen LogP contribution in [0.4, 0.5) is 5.95 Å². The fraction of sp³-hybridized carbons (Fsp3) is 0.308. The van der Waals surface area contributed by atoms with Gasteiger partial charge < -0.3 is 10.5 Å². The molecular weight excluding hydrogens is 228 g/mol. The van der Waals surface area contributed by atoms with Crippen LogP contribution < -0.4 is 10.5 Å². The number of hydrogen-bond acceptors (Lipinski definition) is 5. The van der Waals surface area contributed by atoms with E-state index in [2.05, 4.69) is 22.1 Å². The summed E-state index contributed by atoms with van der Waals surface area (Å²) >= 11 is 0. The van der Waals surface area contributed by atoms with Crippen molar-refractivity contribution in [3.8, 4) is 17.0 Å². The first kappa shape index (κ1) is 12.3. The molecule has 0 radical (unpaired) electrons. The van der Waals surface area contributed by atoms with E-state index in [1.54, 1.807) is 6.20 Å². The highest BCUT2D eigenvalue weighted by Gasteiger charge is 2.01. The van der Waals surface area contributed by atoms with Gasteiger partial charge in [0.25, 0.3) is 0 Å². The van der Waals surface area contributed by atoms with Gasteiger partial charge >= 0.3 is 0 Å². The maximum absolute atomic E-state index is 5.59. The maximum atomic E-state index is 5.59. The number of benzene rings is 1. The summed E-state index contributed by atoms with van der Waals surface area (Å²) in [6, 6.07) is 7.71. The van der Waals surface area contributed by atoms with Crippen LogP contribution in [0.25, 0.3) is 11.3 Å². The van der Waals surface area contributed by atoms with E-state index in [0.29, 0.717) is 5.69 Å². The zero-order valence-electron chi connectivity index (χ0n) is 10.3. The van der Waals surface area contributed by atoms with E-state index in [0.717, 1.165) is 30.8 Å². The minimum Gasteiger partial charge on any atom is -0.494 e. The van der Waals surface area contributed by atoms with Crippen LogP contribution in [-0.2, 0) is 0 Å². The molecule has 5 nitrogen and oxygen atoms in total. The second-order valence-corrected chi connectivity index (χ2v) is 3.93. The molecule has 0 aliphatic carbocycles. The van der Waals surface area contributed by atoms with E-state index in [9.17, 15) is 0 Å². The average Bonchev–Trinajstić information content (AvgIpc) is 2.40. The number of nitrogens with zero attached hydrogens (tertiary/aromatic N) is 3. The number of unbranched alkanes of at least 4 members (excludes halogenated alkanes) is 1. The van der Waals surface area contributed by atoms with Gasteiger partial charge in [-0.2, -0.15) is 5.10 Å². The van der Waals surface area contributed by atoms with Gasteiger partial charge in [0.2, 0.25) is 5.95 Å². The summed E-state index contributed by atoms with van der Waals surface area (Å²) < 4.78 is 5.59. The fourth-order valence-electron chi connectivity index (χ4n) is 1.51. The first-order valence-electron chi connectivity index (χ1n) is 5.98. The Balaban J connectivity index is 2.07. The first-order valence-corrected chi connectivity index (χ1v) is 5.98. The zero-order chi connectivity index (χ0) is 12.8. The molecular formula is C13H16N4O. The van der Waals surface area contributed by atoms with Crippen LogP contribution >= 0.6 is 0 Å². The van der Waals surface area contributed by atoms with Gasteiger partial charge in [0, 0.05) is 5.56 Å². The molecule has 94 valence electrons. The number of rotatable bonds is 5. The Morgan fingerprint density at radius 3 is 2.67 bits per heavy atom. The molecule has 1 aromatic carbocycles. The summed E-state index contributed by atoms with van der Waals surface area (Å²) in [5.74, 6) is 1.04. The summed E-state index contributed by atoms with van der Waals surface area (Å²) in [5.41, 5.74) is 7.15. The molecule has 2 rings (SSSR count). The molecule has 0 atom stereocenters. The molecule has 5 heteroatoms. The molecule has 0 bridgehead atoms. The van der Waals surface area contributed by atoms with E-state index in [-0.39, 0.29) is 5.95 Å². The Bertz CT molecular complexity index is 499. The van der Waals surface area contributed by atoms with Crippen molar-refractivity contribution < 1.29 is 4.74 Å². The minimum atomic E-state index is 0.177. The molecule has 0 spiro atoms. The van der Waals surface area contributed by atoms with E-state index in [1.165, 1.54) is 0 Å². The second kappa shape index (κ2) is 5.95. The molecule has 0 saturated carbocycles. The monoisotopic (exact) mass is 244 g/mol. The molecule has 0 saturated heterocycles. The summed E-state index contributed by atoms with van der Waals surface area (Å²) in [6.45, 7) is 2.89. The highest BCUT2D eigenvalue weighted by molar-refractivity contribution is 5.59. The Hall–Kier alpha value is -2.17. The molecule has 0 aliphatic rings. The van der Waals surface area contributed by atoms with Gasteiger partial charge in [0.05, 0.1) is 18.5 Å². The SMILES string of the molecule is CCCCOc1ccc(-c2cnnc(N)n2)cc1. The van der Waals surface area contributed by atoms with Gasteiger partial charge in [0.1, 0.15) is 5.75 Å². The summed E-state index contributed by atoms with van der Waals surface area (Å²) in [6.07, 6.45) is 3.78. The Morgan fingerprint density at radius 2 is 2.00 bits per heavy atom. The van der Waals surface area contributed by atoms with Crippen LogP contribution in [0, 0.1) is 0 Å². The van der Waals surface area contributed by atoms with Crippen molar-refractivity contribution in [2.75, 3.05) is 12.3 Å². The van der Waals surface area contributed by atoms with Gasteiger partial charge in [-0.05, 0) is 30.7 Å². The van der Waals surface area contributed by atoms with Crippen LogP contribution in [0.5, 0.6) is 5.75 Å². The highest BCUT2D eigenvalue weighted by atomic mass is 16.5. The van der Waals surface area contributed by atoms with Gasteiger partial charge in [-0.1, -0.05) is 13.3 Å². The summed E-state index contributed by atoms with van der Waals surface area (Å²) in [7, 11) is 0. The van der Waals surface area contributed by atoms with Gasteiger partial charge in [-0.3, -0.25) is 0 Å². The number of anilines is 1. The van der Waals surface area contributed by atoms with Gasteiger partial charge in [0.15, 0.2) is 0 Å². The van der Waals surface area contributed by atoms with E-state index < -0.39 is 0 Å². The smallest absolute Gasteiger partial charge is 0.240 e. The number of aromatic nitrogens is 3. The van der Waals surface area contributed by atoms with Crippen molar-refractivity contribution in [3.63, 3.8) is 0 Å². The highest BCUT2D eigenvalue weighted by Crippen LogP contribution is 2.20. The fourth-order valence-corrected chi connectivity index (χ4v) is 1.51. The van der Waals surface area contributed by atoms with Crippen molar-refractivity contribution in [1.82, 2.24) is 15.2 Å². The lowest BCUT2D eigenvalue weighted by molar-refractivity contribution is 0.309. The molecule has 0 aliphatic heterocycles. The standard InChI is InChI=1S/C13H16N4O/c1-2-3-8-18-11-6-4-10(5-7-11)12-9-15-17-13(14)16-12/h4-7,9H,2-3,8H2,1H3,(H2,14,16,17). The van der Waals surface area contributed by atoms with Crippen LogP contribution in [0.1, 0.15) is 19.8 Å². The molecule has 0 unspecified atom stereocenters. The quantitative estimate of drug-likeness (QED) is 0.817. The minimum absolute atomic E-state index is 0.177. The normalized spacial score (nSPS) is 10.3. The molecule has 1 heterocycles.